The van der Waals surface area contributed by atoms with Gasteiger partial charge in [-0.3, -0.25) is 9.59 Å². The molecule has 3 rings (SSSR count). The number of aromatic nitrogens is 1. The number of hydrogen-bond donors (Lipinski definition) is 0. The Kier molecular flexibility index (Phi) is 3.55. The lowest BCUT2D eigenvalue weighted by Crippen LogP contribution is -2.16. The van der Waals surface area contributed by atoms with Gasteiger partial charge in [0.1, 0.15) is 16.8 Å². The van der Waals surface area contributed by atoms with Crippen molar-refractivity contribution in [2.24, 2.45) is 0 Å². The van der Waals surface area contributed by atoms with Crippen LogP contribution in [0, 0.1) is 6.92 Å². The second kappa shape index (κ2) is 5.33. The highest BCUT2D eigenvalue weighted by molar-refractivity contribution is 5.88. The molecule has 0 atom stereocenters. The Morgan fingerprint density at radius 2 is 2.00 bits per heavy atom. The number of nitrogens with zero attached hydrogens (tertiary/aromatic N) is 1. The van der Waals surface area contributed by atoms with Crippen molar-refractivity contribution in [2.75, 3.05) is 7.11 Å². The van der Waals surface area contributed by atoms with Crippen LogP contribution in [0.25, 0.3) is 22.6 Å². The number of alkyl halides is 3. The maximum absolute atomic E-state index is 12.8. The second-order valence-corrected chi connectivity index (χ2v) is 5.09. The number of carbonyl (C=O) groups is 1. The van der Waals surface area contributed by atoms with Crippen LogP contribution < -0.4 is 10.2 Å². The number of benzene rings is 2. The van der Waals surface area contributed by atoms with Crippen LogP contribution in [-0.4, -0.2) is 18.4 Å². The Balaban J connectivity index is 2.44. The molecule has 0 amide bonds. The van der Waals surface area contributed by atoms with Crippen molar-refractivity contribution in [2.45, 2.75) is 13.1 Å². The molecule has 124 valence electrons. The summed E-state index contributed by atoms with van der Waals surface area (Å²) < 4.78 is 49.0. The Morgan fingerprint density at radius 1 is 1.29 bits per heavy atom. The molecule has 1 heterocycles. The van der Waals surface area contributed by atoms with Gasteiger partial charge in [-0.25, -0.2) is 4.98 Å². The molecule has 5 nitrogen and oxygen atoms in total. The fourth-order valence-corrected chi connectivity index (χ4v) is 2.45. The van der Waals surface area contributed by atoms with E-state index in [1.165, 1.54) is 14.0 Å². The molecule has 0 bridgehead atoms. The molecular formula is C16H10F3NO4. The normalized spacial score (nSPS) is 11.9. The quantitative estimate of drug-likeness (QED) is 0.529. The van der Waals surface area contributed by atoms with E-state index in [-0.39, 0.29) is 39.4 Å². The summed E-state index contributed by atoms with van der Waals surface area (Å²) in [4.78, 5) is 27.5. The average molecular weight is 337 g/mol. The zero-order chi connectivity index (χ0) is 17.6. The average Bonchev–Trinajstić information content (AvgIpc) is 2.55. The first-order valence-corrected chi connectivity index (χ1v) is 6.75. The third-order valence-corrected chi connectivity index (χ3v) is 3.65. The number of carbonyl (C=O) groups excluding carboxylic acids is 1. The zero-order valence-electron chi connectivity index (χ0n) is 12.5. The summed E-state index contributed by atoms with van der Waals surface area (Å²) in [7, 11) is 1.26. The molecule has 0 spiro atoms. The van der Waals surface area contributed by atoms with Crippen molar-refractivity contribution < 1.29 is 27.1 Å². The van der Waals surface area contributed by atoms with Crippen molar-refractivity contribution in [3.63, 3.8) is 0 Å². The highest BCUT2D eigenvalue weighted by atomic mass is 19.4. The largest absolute Gasteiger partial charge is 0.493 e. The van der Waals surface area contributed by atoms with Crippen LogP contribution in [0.15, 0.2) is 27.4 Å². The molecule has 1 aromatic rings. The Bertz CT molecular complexity index is 991. The second-order valence-electron chi connectivity index (χ2n) is 5.09. The summed E-state index contributed by atoms with van der Waals surface area (Å²) in [6, 6.07) is 2.84. The topological polar surface area (TPSA) is 69.4 Å². The first-order chi connectivity index (χ1) is 11.3. The van der Waals surface area contributed by atoms with Crippen LogP contribution >= 0.6 is 0 Å². The monoisotopic (exact) mass is 337 g/mol. The molecule has 0 saturated heterocycles. The standard InChI is InChI=1S/C16H10F3NO4/c1-7-13(22)9(6-21)15(23-2)12-14(7)24-11-5-8(16(17,18)19)3-4-10(11)20-12/h3-6H,1-2H3. The molecule has 1 aromatic carbocycles. The van der Waals surface area contributed by atoms with E-state index < -0.39 is 17.2 Å². The molecule has 0 unspecified atom stereocenters. The van der Waals surface area contributed by atoms with Crippen molar-refractivity contribution in [1.29, 1.82) is 0 Å². The number of hydrogen-bond acceptors (Lipinski definition) is 5. The van der Waals surface area contributed by atoms with Crippen LogP contribution in [0.3, 0.4) is 0 Å². The van der Waals surface area contributed by atoms with Gasteiger partial charge < -0.3 is 9.15 Å². The summed E-state index contributed by atoms with van der Waals surface area (Å²) in [5.41, 5.74) is -1.54. The minimum absolute atomic E-state index is 0.0192. The van der Waals surface area contributed by atoms with Gasteiger partial charge in [0, 0.05) is 5.56 Å². The lowest BCUT2D eigenvalue weighted by atomic mass is 10.0. The number of halogens is 3. The predicted molar refractivity (Wildman–Crippen MR) is 78.6 cm³/mol. The summed E-state index contributed by atoms with van der Waals surface area (Å²) in [6.07, 6.45) is -4.18. The Labute approximate surface area is 133 Å². The summed E-state index contributed by atoms with van der Waals surface area (Å²) in [6.45, 7) is 1.40. The number of ether oxygens (including phenoxy) is 1. The minimum atomic E-state index is -4.53. The molecule has 8 heteroatoms. The van der Waals surface area contributed by atoms with Gasteiger partial charge in [0.15, 0.2) is 28.8 Å². The van der Waals surface area contributed by atoms with E-state index >= 15 is 0 Å². The number of fused-ring (bicyclic) bond motifs is 2. The van der Waals surface area contributed by atoms with E-state index in [1.807, 2.05) is 0 Å². The summed E-state index contributed by atoms with van der Waals surface area (Å²) >= 11 is 0. The first kappa shape index (κ1) is 16.0. The number of aldehydes is 1. The van der Waals surface area contributed by atoms with Crippen molar-refractivity contribution in [1.82, 2.24) is 4.98 Å². The third kappa shape index (κ3) is 2.31. The summed E-state index contributed by atoms with van der Waals surface area (Å²) in [5.74, 6) is -0.0876. The van der Waals surface area contributed by atoms with Gasteiger partial charge in [-0.05, 0) is 25.1 Å². The third-order valence-electron chi connectivity index (χ3n) is 3.65. The molecule has 2 aliphatic rings. The number of rotatable bonds is 2. The van der Waals surface area contributed by atoms with Crippen LogP contribution in [0.2, 0.25) is 0 Å². The van der Waals surface area contributed by atoms with Crippen molar-refractivity contribution >= 4 is 17.4 Å². The van der Waals surface area contributed by atoms with E-state index in [0.29, 0.717) is 6.29 Å². The molecule has 1 aliphatic carbocycles. The Hall–Kier alpha value is -2.90. The van der Waals surface area contributed by atoms with Crippen LogP contribution in [-0.2, 0) is 6.18 Å². The fraction of sp³-hybridized carbons (Fsp3) is 0.188. The zero-order valence-corrected chi connectivity index (χ0v) is 12.5. The van der Waals surface area contributed by atoms with Crippen LogP contribution in [0.5, 0.6) is 5.75 Å². The Morgan fingerprint density at radius 3 is 2.58 bits per heavy atom. The van der Waals surface area contributed by atoms with Crippen molar-refractivity contribution in [3.8, 4) is 17.2 Å². The molecular weight excluding hydrogens is 327 g/mol. The SMILES string of the molecule is COc1c2nc3ccc(C(F)(F)F)cc3oc-2c(C)c(=O)c1C=O. The fourth-order valence-electron chi connectivity index (χ4n) is 2.45. The summed E-state index contributed by atoms with van der Waals surface area (Å²) in [5, 5.41) is 0. The van der Waals surface area contributed by atoms with Gasteiger partial charge in [-0.1, -0.05) is 0 Å². The van der Waals surface area contributed by atoms with E-state index in [1.54, 1.807) is 0 Å². The van der Waals surface area contributed by atoms with E-state index in [9.17, 15) is 22.8 Å². The first-order valence-electron chi connectivity index (χ1n) is 6.75. The van der Waals surface area contributed by atoms with Gasteiger partial charge in [0.05, 0.1) is 12.7 Å². The van der Waals surface area contributed by atoms with Gasteiger partial charge >= 0.3 is 6.18 Å². The van der Waals surface area contributed by atoms with Gasteiger partial charge in [0.25, 0.3) is 0 Å². The molecule has 0 saturated carbocycles. The van der Waals surface area contributed by atoms with E-state index in [2.05, 4.69) is 4.98 Å². The minimum Gasteiger partial charge on any atom is -0.493 e. The van der Waals surface area contributed by atoms with Gasteiger partial charge in [-0.15, -0.1) is 0 Å². The maximum atomic E-state index is 12.8. The van der Waals surface area contributed by atoms with Gasteiger partial charge in [-0.2, -0.15) is 13.2 Å². The smallest absolute Gasteiger partial charge is 0.416 e. The highest BCUT2D eigenvalue weighted by Crippen LogP contribution is 2.37. The van der Waals surface area contributed by atoms with Crippen LogP contribution in [0.4, 0.5) is 13.2 Å². The molecule has 24 heavy (non-hydrogen) atoms. The van der Waals surface area contributed by atoms with E-state index in [4.69, 9.17) is 9.15 Å². The lowest BCUT2D eigenvalue weighted by molar-refractivity contribution is -0.137. The van der Waals surface area contributed by atoms with E-state index in [0.717, 1.165) is 18.2 Å². The predicted octanol–water partition coefficient (Wildman–Crippen LogP) is 3.44. The van der Waals surface area contributed by atoms with Crippen LogP contribution in [0.1, 0.15) is 21.5 Å². The molecule has 0 fully saturated rings. The molecule has 0 N–H and O–H groups in total. The lowest BCUT2D eigenvalue weighted by Gasteiger charge is -2.15. The molecule has 0 radical (unpaired) electrons. The highest BCUT2D eigenvalue weighted by Gasteiger charge is 2.31. The van der Waals surface area contributed by atoms with Crippen molar-refractivity contribution in [3.05, 3.63) is 45.1 Å². The molecule has 0 aromatic heterocycles. The maximum Gasteiger partial charge on any atom is 0.416 e. The number of methoxy groups -OCH3 is 1. The van der Waals surface area contributed by atoms with Gasteiger partial charge in [0.2, 0.25) is 0 Å². The molecule has 1 aliphatic heterocycles.